The minimum Gasteiger partial charge on any atom is -0.274 e. The number of carbonyl (C=O) groups excluding carboxylic acids is 1. The number of halogens is 3. The van der Waals surface area contributed by atoms with Gasteiger partial charge in [0.15, 0.2) is 0 Å². The third kappa shape index (κ3) is 4.09. The van der Waals surface area contributed by atoms with E-state index in [0.29, 0.717) is 37.6 Å². The summed E-state index contributed by atoms with van der Waals surface area (Å²) >= 11 is 18.7. The number of anilines is 2. The molecule has 3 nitrogen and oxygen atoms in total. The molecule has 6 heteroatoms. The number of nitrogens with zero attached hydrogens (tertiary/aromatic N) is 2. The molecule has 0 aliphatic carbocycles. The molecule has 0 atom stereocenters. The number of carbonyl (C=O) groups is 1. The molecule has 0 fully saturated rings. The summed E-state index contributed by atoms with van der Waals surface area (Å²) in [5.74, 6) is -0.327. The Balaban J connectivity index is 2.23. The minimum atomic E-state index is -0.327. The van der Waals surface area contributed by atoms with Gasteiger partial charge in [-0.05, 0) is 48.0 Å². The number of para-hydroxylation sites is 2. The molecule has 0 N–H and O–H groups in total. The van der Waals surface area contributed by atoms with Crippen LogP contribution in [-0.2, 0) is 6.42 Å². The first-order chi connectivity index (χ1) is 13.0. The number of hydrogen-bond donors (Lipinski definition) is 0. The van der Waals surface area contributed by atoms with Gasteiger partial charge in [-0.3, -0.25) is 9.69 Å². The molecule has 0 saturated carbocycles. The van der Waals surface area contributed by atoms with E-state index < -0.39 is 0 Å². The predicted octanol–water partition coefficient (Wildman–Crippen LogP) is 6.69. The highest BCUT2D eigenvalue weighted by Crippen LogP contribution is 2.40. The van der Waals surface area contributed by atoms with Crippen LogP contribution >= 0.6 is 34.8 Å². The number of hydrogen-bond acceptors (Lipinski definition) is 2. The quantitative estimate of drug-likeness (QED) is 0.476. The standard InChI is InChI=1S/C21H13Cl3N2O/c22-16-10-8-15(9-11-16)21(27)26(20-17(23)5-3-6-18(20)24)19-7-2-1-4-14(19)12-13-25/h1-11H,12H2. The van der Waals surface area contributed by atoms with Crippen LogP contribution in [0.25, 0.3) is 0 Å². The van der Waals surface area contributed by atoms with Crippen molar-refractivity contribution < 1.29 is 4.79 Å². The van der Waals surface area contributed by atoms with Crippen LogP contribution in [0.1, 0.15) is 15.9 Å². The Kier molecular flexibility index (Phi) is 6.03. The molecule has 0 saturated heterocycles. The van der Waals surface area contributed by atoms with E-state index in [4.69, 9.17) is 34.8 Å². The van der Waals surface area contributed by atoms with Gasteiger partial charge >= 0.3 is 0 Å². The molecule has 0 unspecified atom stereocenters. The first kappa shape index (κ1) is 19.3. The van der Waals surface area contributed by atoms with E-state index in [1.807, 2.05) is 6.07 Å². The largest absolute Gasteiger partial charge is 0.274 e. The molecule has 0 radical (unpaired) electrons. The maximum atomic E-state index is 13.4. The molecular weight excluding hydrogens is 403 g/mol. The van der Waals surface area contributed by atoms with Crippen molar-refractivity contribution in [3.8, 4) is 6.07 Å². The van der Waals surface area contributed by atoms with Crippen molar-refractivity contribution in [2.75, 3.05) is 4.90 Å². The summed E-state index contributed by atoms with van der Waals surface area (Å²) in [6, 6.07) is 20.9. The van der Waals surface area contributed by atoms with Gasteiger partial charge in [-0.1, -0.05) is 59.1 Å². The lowest BCUT2D eigenvalue weighted by Crippen LogP contribution is -2.27. The zero-order chi connectivity index (χ0) is 19.4. The third-order valence-corrected chi connectivity index (χ3v) is 4.82. The molecule has 3 rings (SSSR count). The van der Waals surface area contributed by atoms with Crippen LogP contribution in [-0.4, -0.2) is 5.91 Å². The molecule has 0 spiro atoms. The van der Waals surface area contributed by atoms with Gasteiger partial charge in [-0.15, -0.1) is 0 Å². The Hall–Kier alpha value is -2.51. The van der Waals surface area contributed by atoms with Gasteiger partial charge in [-0.2, -0.15) is 5.26 Å². The fourth-order valence-corrected chi connectivity index (χ4v) is 3.41. The van der Waals surface area contributed by atoms with Crippen LogP contribution in [0.15, 0.2) is 66.7 Å². The van der Waals surface area contributed by atoms with Crippen molar-refractivity contribution in [3.05, 3.63) is 92.9 Å². The second-order valence-corrected chi connectivity index (χ2v) is 6.93. The summed E-state index contributed by atoms with van der Waals surface area (Å²) < 4.78 is 0. The first-order valence-electron chi connectivity index (χ1n) is 8.02. The second-order valence-electron chi connectivity index (χ2n) is 5.68. The van der Waals surface area contributed by atoms with Crippen molar-refractivity contribution in [1.82, 2.24) is 0 Å². The molecule has 0 heterocycles. The van der Waals surface area contributed by atoms with Crippen molar-refractivity contribution in [2.24, 2.45) is 0 Å². The van der Waals surface area contributed by atoms with E-state index in [-0.39, 0.29) is 12.3 Å². The van der Waals surface area contributed by atoms with Crippen molar-refractivity contribution in [2.45, 2.75) is 6.42 Å². The average Bonchev–Trinajstić information content (AvgIpc) is 2.66. The summed E-state index contributed by atoms with van der Waals surface area (Å²) in [5.41, 5.74) is 2.03. The molecule has 0 aliphatic heterocycles. The molecule has 134 valence electrons. The lowest BCUT2D eigenvalue weighted by atomic mass is 10.1. The zero-order valence-electron chi connectivity index (χ0n) is 14.0. The normalized spacial score (nSPS) is 10.3. The molecule has 3 aromatic carbocycles. The van der Waals surface area contributed by atoms with Crippen molar-refractivity contribution in [1.29, 1.82) is 5.26 Å². The minimum absolute atomic E-state index is 0.142. The summed E-state index contributed by atoms with van der Waals surface area (Å²) in [6.07, 6.45) is 0.142. The third-order valence-electron chi connectivity index (χ3n) is 3.96. The molecule has 0 aliphatic rings. The molecule has 1 amide bonds. The van der Waals surface area contributed by atoms with Gasteiger partial charge in [0.25, 0.3) is 5.91 Å². The fraction of sp³-hybridized carbons (Fsp3) is 0.0476. The fourth-order valence-electron chi connectivity index (χ4n) is 2.72. The van der Waals surface area contributed by atoms with E-state index in [9.17, 15) is 10.1 Å². The van der Waals surface area contributed by atoms with Crippen LogP contribution in [0.3, 0.4) is 0 Å². The van der Waals surface area contributed by atoms with Crippen molar-refractivity contribution >= 4 is 52.1 Å². The SMILES string of the molecule is N#CCc1ccccc1N(C(=O)c1ccc(Cl)cc1)c1c(Cl)cccc1Cl. The molecule has 0 aromatic heterocycles. The van der Waals surface area contributed by atoms with E-state index in [2.05, 4.69) is 6.07 Å². The number of benzene rings is 3. The van der Waals surface area contributed by atoms with Crippen LogP contribution < -0.4 is 4.90 Å². The van der Waals surface area contributed by atoms with Crippen LogP contribution in [0, 0.1) is 11.3 Å². The second kappa shape index (κ2) is 8.45. The van der Waals surface area contributed by atoms with E-state index in [1.54, 1.807) is 60.7 Å². The number of amides is 1. The van der Waals surface area contributed by atoms with Gasteiger partial charge in [0, 0.05) is 10.6 Å². The Morgan fingerprint density at radius 2 is 1.52 bits per heavy atom. The molecule has 3 aromatic rings. The zero-order valence-corrected chi connectivity index (χ0v) is 16.3. The molecule has 0 bridgehead atoms. The Morgan fingerprint density at radius 3 is 2.15 bits per heavy atom. The Morgan fingerprint density at radius 1 is 0.889 bits per heavy atom. The lowest BCUT2D eigenvalue weighted by molar-refractivity contribution is 0.0999. The molecular formula is C21H13Cl3N2O. The summed E-state index contributed by atoms with van der Waals surface area (Å²) in [5, 5.41) is 10.4. The predicted molar refractivity (Wildman–Crippen MR) is 110 cm³/mol. The van der Waals surface area contributed by atoms with Gasteiger partial charge in [0.2, 0.25) is 0 Å². The smallest absolute Gasteiger partial charge is 0.262 e. The topological polar surface area (TPSA) is 44.1 Å². The maximum absolute atomic E-state index is 13.4. The van der Waals surface area contributed by atoms with Crippen LogP contribution in [0.2, 0.25) is 15.1 Å². The lowest BCUT2D eigenvalue weighted by Gasteiger charge is -2.27. The highest BCUT2D eigenvalue weighted by Gasteiger charge is 2.26. The number of rotatable bonds is 4. The summed E-state index contributed by atoms with van der Waals surface area (Å²) in [6.45, 7) is 0. The average molecular weight is 416 g/mol. The first-order valence-corrected chi connectivity index (χ1v) is 9.15. The van der Waals surface area contributed by atoms with E-state index in [1.165, 1.54) is 4.90 Å². The Labute approximate surface area is 172 Å². The number of nitriles is 1. The van der Waals surface area contributed by atoms with E-state index >= 15 is 0 Å². The van der Waals surface area contributed by atoms with Gasteiger partial charge in [0.05, 0.1) is 33.9 Å². The van der Waals surface area contributed by atoms with Crippen LogP contribution in [0.4, 0.5) is 11.4 Å². The molecule has 27 heavy (non-hydrogen) atoms. The van der Waals surface area contributed by atoms with Gasteiger partial charge in [0.1, 0.15) is 0 Å². The maximum Gasteiger partial charge on any atom is 0.262 e. The van der Waals surface area contributed by atoms with Crippen LogP contribution in [0.5, 0.6) is 0 Å². The summed E-state index contributed by atoms with van der Waals surface area (Å²) in [4.78, 5) is 14.8. The van der Waals surface area contributed by atoms with E-state index in [0.717, 1.165) is 0 Å². The summed E-state index contributed by atoms with van der Waals surface area (Å²) in [7, 11) is 0. The van der Waals surface area contributed by atoms with Gasteiger partial charge in [-0.25, -0.2) is 0 Å². The highest BCUT2D eigenvalue weighted by atomic mass is 35.5. The monoisotopic (exact) mass is 414 g/mol. The van der Waals surface area contributed by atoms with Crippen molar-refractivity contribution in [3.63, 3.8) is 0 Å². The Bertz CT molecular complexity index is 1010. The highest BCUT2D eigenvalue weighted by molar-refractivity contribution is 6.40. The van der Waals surface area contributed by atoms with Gasteiger partial charge < -0.3 is 0 Å².